The van der Waals surface area contributed by atoms with Gasteiger partial charge in [-0.3, -0.25) is 4.99 Å². The lowest BCUT2D eigenvalue weighted by Crippen LogP contribution is -2.04. The van der Waals surface area contributed by atoms with E-state index >= 15 is 0 Å². The molecule has 5 heteroatoms. The van der Waals surface area contributed by atoms with Crippen LogP contribution in [-0.4, -0.2) is 29.9 Å². The van der Waals surface area contributed by atoms with E-state index in [0.717, 1.165) is 31.2 Å². The number of hydrogen-bond donors (Lipinski definition) is 1. The second kappa shape index (κ2) is 6.52. The van der Waals surface area contributed by atoms with Crippen LogP contribution in [0.2, 0.25) is 0 Å². The predicted molar refractivity (Wildman–Crippen MR) is 78.8 cm³/mol. The number of aromatic carboxylic acids is 1. The molecule has 1 heterocycles. The third-order valence-electron chi connectivity index (χ3n) is 3.51. The van der Waals surface area contributed by atoms with Crippen LogP contribution in [-0.2, 0) is 0 Å². The highest BCUT2D eigenvalue weighted by atomic mass is 19.1. The highest BCUT2D eigenvalue weighted by molar-refractivity contribution is 6.00. The van der Waals surface area contributed by atoms with Crippen molar-refractivity contribution in [1.29, 1.82) is 0 Å². The molecule has 1 aromatic rings. The predicted octanol–water partition coefficient (Wildman–Crippen LogP) is 3.47. The molecule has 0 bridgehead atoms. The van der Waals surface area contributed by atoms with Crippen LogP contribution >= 0.6 is 0 Å². The molecular weight excluding hydrogens is 273 g/mol. The highest BCUT2D eigenvalue weighted by Gasteiger charge is 2.13. The van der Waals surface area contributed by atoms with Gasteiger partial charge in [-0.25, -0.2) is 9.18 Å². The molecule has 0 saturated carbocycles. The summed E-state index contributed by atoms with van der Waals surface area (Å²) >= 11 is 0. The summed E-state index contributed by atoms with van der Waals surface area (Å²) in [4.78, 5) is 15.2. The zero-order valence-electron chi connectivity index (χ0n) is 12.1. The van der Waals surface area contributed by atoms with Gasteiger partial charge >= 0.3 is 5.97 Å². The smallest absolute Gasteiger partial charge is 0.335 e. The van der Waals surface area contributed by atoms with Crippen molar-refractivity contribution in [2.24, 2.45) is 4.99 Å². The summed E-state index contributed by atoms with van der Waals surface area (Å²) in [7, 11) is 0. The average molecular weight is 291 g/mol. The van der Waals surface area contributed by atoms with Crippen LogP contribution in [0.25, 0.3) is 0 Å². The molecule has 0 aromatic heterocycles. The number of carboxylic acids is 1. The Kier molecular flexibility index (Phi) is 4.73. The molecule has 1 aromatic carbocycles. The van der Waals surface area contributed by atoms with Gasteiger partial charge in [-0.1, -0.05) is 0 Å². The van der Waals surface area contributed by atoms with Crippen molar-refractivity contribution in [3.63, 3.8) is 0 Å². The Bertz CT molecular complexity index is 620. The van der Waals surface area contributed by atoms with E-state index in [4.69, 9.17) is 9.84 Å². The van der Waals surface area contributed by atoms with E-state index in [1.807, 2.05) is 6.92 Å². The molecule has 1 N–H and O–H groups in total. The summed E-state index contributed by atoms with van der Waals surface area (Å²) in [5.74, 6) is -1.66. The number of ether oxygens (including phenoxy) is 1. The van der Waals surface area contributed by atoms with Gasteiger partial charge in [0.25, 0.3) is 0 Å². The Labute approximate surface area is 123 Å². The number of benzene rings is 1. The van der Waals surface area contributed by atoms with Crippen molar-refractivity contribution in [3.05, 3.63) is 40.7 Å². The number of aliphatic imine (C=N–C) groups is 1. The van der Waals surface area contributed by atoms with E-state index in [2.05, 4.69) is 11.9 Å². The Morgan fingerprint density at radius 1 is 1.43 bits per heavy atom. The molecule has 0 radical (unpaired) electrons. The lowest BCUT2D eigenvalue weighted by atomic mass is 10.0. The first kappa shape index (κ1) is 15.2. The lowest BCUT2D eigenvalue weighted by molar-refractivity contribution is 0.0696. The molecule has 1 aliphatic heterocycles. The van der Waals surface area contributed by atoms with Gasteiger partial charge in [-0.2, -0.15) is 0 Å². The van der Waals surface area contributed by atoms with E-state index < -0.39 is 11.8 Å². The second-order valence-electron chi connectivity index (χ2n) is 5.06. The maximum Gasteiger partial charge on any atom is 0.335 e. The van der Waals surface area contributed by atoms with Gasteiger partial charge in [-0.15, -0.1) is 0 Å². The lowest BCUT2D eigenvalue weighted by Gasteiger charge is -2.09. The van der Waals surface area contributed by atoms with E-state index in [1.165, 1.54) is 23.3 Å². The number of hydrogen-bond acceptors (Lipinski definition) is 3. The number of rotatable bonds is 6. The maximum absolute atomic E-state index is 13.5. The second-order valence-corrected chi connectivity index (χ2v) is 5.06. The van der Waals surface area contributed by atoms with Gasteiger partial charge in [0, 0.05) is 5.71 Å². The Balaban J connectivity index is 1.89. The van der Waals surface area contributed by atoms with Crippen molar-refractivity contribution in [2.45, 2.75) is 26.7 Å². The van der Waals surface area contributed by atoms with Crippen LogP contribution in [0.4, 0.5) is 4.39 Å². The van der Waals surface area contributed by atoms with Crippen molar-refractivity contribution >= 4 is 11.7 Å². The molecule has 0 saturated heterocycles. The minimum absolute atomic E-state index is 0.0163. The first-order valence-electron chi connectivity index (χ1n) is 6.84. The Hall–Kier alpha value is -2.17. The summed E-state index contributed by atoms with van der Waals surface area (Å²) in [6, 6.07) is 3.54. The molecule has 0 amide bonds. The zero-order chi connectivity index (χ0) is 15.4. The summed E-state index contributed by atoms with van der Waals surface area (Å²) in [5, 5.41) is 8.88. The monoisotopic (exact) mass is 291 g/mol. The van der Waals surface area contributed by atoms with E-state index in [0.29, 0.717) is 6.61 Å². The number of halogens is 1. The molecule has 112 valence electrons. The molecule has 0 spiro atoms. The first-order valence-corrected chi connectivity index (χ1v) is 6.84. The third kappa shape index (κ3) is 3.68. The van der Waals surface area contributed by atoms with Crippen LogP contribution < -0.4 is 4.74 Å². The van der Waals surface area contributed by atoms with Crippen molar-refractivity contribution in [1.82, 2.24) is 0 Å². The molecule has 1 aliphatic rings. The van der Waals surface area contributed by atoms with Crippen LogP contribution in [0.3, 0.4) is 0 Å². The van der Waals surface area contributed by atoms with Gasteiger partial charge in [0.2, 0.25) is 0 Å². The Morgan fingerprint density at radius 3 is 2.81 bits per heavy atom. The molecule has 21 heavy (non-hydrogen) atoms. The van der Waals surface area contributed by atoms with Crippen molar-refractivity contribution in [3.8, 4) is 5.75 Å². The molecule has 0 fully saturated rings. The number of nitrogens with zero attached hydrogens (tertiary/aromatic N) is 1. The van der Waals surface area contributed by atoms with Crippen molar-refractivity contribution in [2.75, 3.05) is 13.2 Å². The van der Waals surface area contributed by atoms with Crippen LogP contribution in [0, 0.1) is 5.82 Å². The quantitative estimate of drug-likeness (QED) is 0.816. The molecule has 4 nitrogen and oxygen atoms in total. The van der Waals surface area contributed by atoms with Crippen LogP contribution in [0.1, 0.15) is 37.0 Å². The summed E-state index contributed by atoms with van der Waals surface area (Å²) in [6.07, 6.45) is 1.57. The summed E-state index contributed by atoms with van der Waals surface area (Å²) in [6.45, 7) is 5.15. The van der Waals surface area contributed by atoms with E-state index in [1.54, 1.807) is 0 Å². The molecule has 0 aliphatic carbocycles. The molecular formula is C16H18FNO3. The van der Waals surface area contributed by atoms with Gasteiger partial charge in [0.05, 0.1) is 18.7 Å². The first-order chi connectivity index (χ1) is 9.99. The van der Waals surface area contributed by atoms with Gasteiger partial charge in [-0.05, 0) is 56.0 Å². The number of carbonyl (C=O) groups is 1. The van der Waals surface area contributed by atoms with E-state index in [-0.39, 0.29) is 11.3 Å². The summed E-state index contributed by atoms with van der Waals surface area (Å²) < 4.78 is 18.9. The number of allylic oxidation sites excluding steroid dienone is 1. The van der Waals surface area contributed by atoms with Crippen molar-refractivity contribution < 1.29 is 19.0 Å². The topological polar surface area (TPSA) is 58.9 Å². The largest absolute Gasteiger partial charge is 0.490 e. The summed E-state index contributed by atoms with van der Waals surface area (Å²) in [5.41, 5.74) is 3.60. The fourth-order valence-electron chi connectivity index (χ4n) is 2.31. The third-order valence-corrected chi connectivity index (χ3v) is 3.51. The normalized spacial score (nSPS) is 14.3. The van der Waals surface area contributed by atoms with Gasteiger partial charge in [0.15, 0.2) is 11.6 Å². The zero-order valence-corrected chi connectivity index (χ0v) is 12.1. The molecule has 0 atom stereocenters. The highest BCUT2D eigenvalue weighted by Crippen LogP contribution is 2.22. The van der Waals surface area contributed by atoms with E-state index in [9.17, 15) is 9.18 Å². The minimum atomic E-state index is -1.10. The fraction of sp³-hybridized carbons (Fsp3) is 0.375. The average Bonchev–Trinajstić information content (AvgIpc) is 2.76. The Morgan fingerprint density at radius 2 is 2.19 bits per heavy atom. The molecule has 0 unspecified atom stereocenters. The van der Waals surface area contributed by atoms with Crippen LogP contribution in [0.5, 0.6) is 5.75 Å². The van der Waals surface area contributed by atoms with Gasteiger partial charge in [0.1, 0.15) is 0 Å². The van der Waals surface area contributed by atoms with Crippen LogP contribution in [0.15, 0.2) is 34.3 Å². The van der Waals surface area contributed by atoms with Gasteiger partial charge < -0.3 is 9.84 Å². The standard InChI is InChI=1S/C16H18FNO3/c1-10-9-18-11(2)13(10)4-3-7-21-15-8-12(16(19)20)5-6-14(15)17/h5-6,8H,3-4,7,9H2,1-2H3,(H,19,20). The SMILES string of the molecule is CC1=NCC(C)=C1CCCOc1cc(C(=O)O)ccc1F. The maximum atomic E-state index is 13.5. The minimum Gasteiger partial charge on any atom is -0.490 e. The molecule has 2 rings (SSSR count). The fourth-order valence-corrected chi connectivity index (χ4v) is 2.31. The number of carboxylic acid groups (broad SMARTS) is 1.